The van der Waals surface area contributed by atoms with E-state index in [0.717, 1.165) is 30.8 Å². The summed E-state index contributed by atoms with van der Waals surface area (Å²) in [5.74, 6) is 0.105. The van der Waals surface area contributed by atoms with Crippen molar-refractivity contribution in [3.63, 3.8) is 0 Å². The molecule has 1 aromatic heterocycles. The van der Waals surface area contributed by atoms with E-state index in [4.69, 9.17) is 5.73 Å². The largest absolute Gasteiger partial charge is 0.416 e. The standard InChI is InChI=1S/C23H22F3N5O/c1-30-10-12-31(13-11-30)22(32)17-4-2-15(3-5-17)19-14-28-21(27)20(29-19)16-6-8-18(9-7-16)23(24,25)26/h2-9,14H,10-13H2,1H3,(H2,27,28). The van der Waals surface area contributed by atoms with Gasteiger partial charge in [-0.1, -0.05) is 24.3 Å². The number of carbonyl (C=O) groups is 1. The monoisotopic (exact) mass is 441 g/mol. The first-order chi connectivity index (χ1) is 15.2. The first kappa shape index (κ1) is 21.8. The fourth-order valence-electron chi connectivity index (χ4n) is 3.54. The Bertz CT molecular complexity index is 1110. The summed E-state index contributed by atoms with van der Waals surface area (Å²) >= 11 is 0. The van der Waals surface area contributed by atoms with Crippen LogP contribution < -0.4 is 5.73 Å². The predicted molar refractivity (Wildman–Crippen MR) is 116 cm³/mol. The number of amides is 1. The summed E-state index contributed by atoms with van der Waals surface area (Å²) in [6.45, 7) is 3.07. The van der Waals surface area contributed by atoms with Crippen LogP contribution in [-0.2, 0) is 6.18 Å². The van der Waals surface area contributed by atoms with E-state index in [2.05, 4.69) is 14.9 Å². The van der Waals surface area contributed by atoms with E-state index >= 15 is 0 Å². The van der Waals surface area contributed by atoms with Crippen molar-refractivity contribution in [1.29, 1.82) is 0 Å². The van der Waals surface area contributed by atoms with Crippen LogP contribution >= 0.6 is 0 Å². The average molecular weight is 441 g/mol. The van der Waals surface area contributed by atoms with Crippen molar-refractivity contribution in [2.45, 2.75) is 6.18 Å². The number of anilines is 1. The summed E-state index contributed by atoms with van der Waals surface area (Å²) in [4.78, 5) is 25.4. The number of rotatable bonds is 3. The van der Waals surface area contributed by atoms with Crippen molar-refractivity contribution in [1.82, 2.24) is 19.8 Å². The van der Waals surface area contributed by atoms with Crippen LogP contribution in [0.25, 0.3) is 22.5 Å². The van der Waals surface area contributed by atoms with Gasteiger partial charge in [-0.15, -0.1) is 0 Å². The van der Waals surface area contributed by atoms with Crippen LogP contribution in [-0.4, -0.2) is 58.9 Å². The molecule has 1 aliphatic heterocycles. The normalized spacial score (nSPS) is 15.1. The van der Waals surface area contributed by atoms with Crippen molar-refractivity contribution in [2.24, 2.45) is 0 Å². The number of halogens is 3. The zero-order valence-electron chi connectivity index (χ0n) is 17.4. The van der Waals surface area contributed by atoms with Crippen LogP contribution in [0.4, 0.5) is 19.0 Å². The van der Waals surface area contributed by atoms with Gasteiger partial charge in [-0.2, -0.15) is 13.2 Å². The van der Waals surface area contributed by atoms with Crippen LogP contribution in [0.1, 0.15) is 15.9 Å². The number of nitrogens with two attached hydrogens (primary N) is 1. The highest BCUT2D eigenvalue weighted by molar-refractivity contribution is 5.94. The van der Waals surface area contributed by atoms with Crippen LogP contribution in [0, 0.1) is 0 Å². The lowest BCUT2D eigenvalue weighted by molar-refractivity contribution is -0.137. The molecular formula is C23H22F3N5O. The summed E-state index contributed by atoms with van der Waals surface area (Å²) < 4.78 is 38.5. The average Bonchev–Trinajstić information content (AvgIpc) is 2.79. The number of aromatic nitrogens is 2. The molecule has 0 unspecified atom stereocenters. The quantitative estimate of drug-likeness (QED) is 0.669. The minimum absolute atomic E-state index is 0.0153. The molecule has 0 aliphatic carbocycles. The summed E-state index contributed by atoms with van der Waals surface area (Å²) in [5, 5.41) is 0. The number of benzene rings is 2. The molecule has 32 heavy (non-hydrogen) atoms. The van der Waals surface area contributed by atoms with Gasteiger partial charge in [-0.05, 0) is 31.3 Å². The second-order valence-electron chi connectivity index (χ2n) is 7.74. The molecule has 3 aromatic rings. The molecule has 2 aromatic carbocycles. The Morgan fingerprint density at radius 3 is 2.12 bits per heavy atom. The number of likely N-dealkylation sites (N-methyl/N-ethyl adjacent to an activating group) is 1. The Labute approximate surface area is 183 Å². The van der Waals surface area contributed by atoms with Gasteiger partial charge in [0, 0.05) is 42.9 Å². The molecule has 0 atom stereocenters. The van der Waals surface area contributed by atoms with E-state index in [1.807, 2.05) is 11.9 Å². The van der Waals surface area contributed by atoms with Crippen LogP contribution in [0.15, 0.2) is 54.7 Å². The van der Waals surface area contributed by atoms with Gasteiger partial charge in [0.15, 0.2) is 0 Å². The molecule has 0 saturated carbocycles. The van der Waals surface area contributed by atoms with Crippen molar-refractivity contribution < 1.29 is 18.0 Å². The molecule has 0 bridgehead atoms. The van der Waals surface area contributed by atoms with E-state index in [-0.39, 0.29) is 11.7 Å². The maximum absolute atomic E-state index is 12.8. The SMILES string of the molecule is CN1CCN(C(=O)c2ccc(-c3cnc(N)c(-c4ccc(C(F)(F)F)cc4)n3)cc2)CC1. The number of hydrogen-bond donors (Lipinski definition) is 1. The van der Waals surface area contributed by atoms with E-state index in [9.17, 15) is 18.0 Å². The third-order valence-corrected chi connectivity index (χ3v) is 5.50. The van der Waals surface area contributed by atoms with Gasteiger partial charge in [0.25, 0.3) is 5.91 Å². The Hall–Kier alpha value is -3.46. The molecule has 166 valence electrons. The second kappa shape index (κ2) is 8.58. The number of nitrogens with zero attached hydrogens (tertiary/aromatic N) is 4. The van der Waals surface area contributed by atoms with Gasteiger partial charge < -0.3 is 15.5 Å². The van der Waals surface area contributed by atoms with Crippen molar-refractivity contribution in [3.8, 4) is 22.5 Å². The fourth-order valence-corrected chi connectivity index (χ4v) is 3.54. The molecule has 1 fully saturated rings. The highest BCUT2D eigenvalue weighted by atomic mass is 19.4. The summed E-state index contributed by atoms with van der Waals surface area (Å²) in [7, 11) is 2.03. The maximum Gasteiger partial charge on any atom is 0.416 e. The third kappa shape index (κ3) is 4.57. The summed E-state index contributed by atoms with van der Waals surface area (Å²) in [5.41, 5.74) is 7.74. The topological polar surface area (TPSA) is 75.3 Å². The van der Waals surface area contributed by atoms with Crippen molar-refractivity contribution in [3.05, 3.63) is 65.9 Å². The van der Waals surface area contributed by atoms with Crippen LogP contribution in [0.2, 0.25) is 0 Å². The zero-order valence-corrected chi connectivity index (χ0v) is 17.4. The first-order valence-electron chi connectivity index (χ1n) is 10.1. The van der Waals surface area contributed by atoms with Gasteiger partial charge in [0.2, 0.25) is 0 Å². The summed E-state index contributed by atoms with van der Waals surface area (Å²) in [6.07, 6.45) is -2.92. The fraction of sp³-hybridized carbons (Fsp3) is 0.261. The molecule has 0 spiro atoms. The Kier molecular flexibility index (Phi) is 5.84. The maximum atomic E-state index is 12.8. The Morgan fingerprint density at radius 1 is 0.938 bits per heavy atom. The number of nitrogen functional groups attached to an aromatic ring is 1. The van der Waals surface area contributed by atoms with Gasteiger partial charge in [0.1, 0.15) is 11.5 Å². The molecule has 1 saturated heterocycles. The summed E-state index contributed by atoms with van der Waals surface area (Å²) in [6, 6.07) is 11.7. The highest BCUT2D eigenvalue weighted by Gasteiger charge is 2.30. The van der Waals surface area contributed by atoms with E-state index < -0.39 is 11.7 Å². The minimum atomic E-state index is -4.42. The van der Waals surface area contributed by atoms with Crippen molar-refractivity contribution in [2.75, 3.05) is 39.0 Å². The number of carbonyl (C=O) groups excluding carboxylic acids is 1. The lowest BCUT2D eigenvalue weighted by Crippen LogP contribution is -2.47. The van der Waals surface area contributed by atoms with Crippen molar-refractivity contribution >= 4 is 11.7 Å². The van der Waals surface area contributed by atoms with Gasteiger partial charge in [-0.3, -0.25) is 4.79 Å². The second-order valence-corrected chi connectivity index (χ2v) is 7.74. The van der Waals surface area contributed by atoms with Crippen LogP contribution in [0.5, 0.6) is 0 Å². The molecule has 1 amide bonds. The number of hydrogen-bond acceptors (Lipinski definition) is 5. The molecule has 0 radical (unpaired) electrons. The Balaban J connectivity index is 1.56. The number of alkyl halides is 3. The zero-order chi connectivity index (χ0) is 22.9. The van der Waals surface area contributed by atoms with E-state index in [0.29, 0.717) is 35.6 Å². The minimum Gasteiger partial charge on any atom is -0.382 e. The first-order valence-corrected chi connectivity index (χ1v) is 10.1. The third-order valence-electron chi connectivity index (χ3n) is 5.50. The molecule has 9 heteroatoms. The number of piperazine rings is 1. The van der Waals surface area contributed by atoms with E-state index in [1.165, 1.54) is 18.3 Å². The molecule has 2 N–H and O–H groups in total. The molecule has 1 aliphatic rings. The lowest BCUT2D eigenvalue weighted by atomic mass is 10.1. The van der Waals surface area contributed by atoms with Crippen LogP contribution in [0.3, 0.4) is 0 Å². The van der Waals surface area contributed by atoms with Gasteiger partial charge >= 0.3 is 6.18 Å². The Morgan fingerprint density at radius 2 is 1.53 bits per heavy atom. The van der Waals surface area contributed by atoms with Gasteiger partial charge in [-0.25, -0.2) is 9.97 Å². The predicted octanol–water partition coefficient (Wildman–Crippen LogP) is 3.80. The molecule has 4 rings (SSSR count). The lowest BCUT2D eigenvalue weighted by Gasteiger charge is -2.32. The molecule has 2 heterocycles. The van der Waals surface area contributed by atoms with Gasteiger partial charge in [0.05, 0.1) is 17.5 Å². The highest BCUT2D eigenvalue weighted by Crippen LogP contribution is 2.32. The molecular weight excluding hydrogens is 419 g/mol. The van der Waals surface area contributed by atoms with E-state index in [1.54, 1.807) is 24.3 Å². The smallest absolute Gasteiger partial charge is 0.382 e. The molecule has 6 nitrogen and oxygen atoms in total.